The molecule has 5 rings (SSSR count). The number of nitrogens with one attached hydrogen (secondary N) is 2. The summed E-state index contributed by atoms with van der Waals surface area (Å²) in [4.78, 5) is 19.1. The first kappa shape index (κ1) is 23.4. The zero-order valence-electron chi connectivity index (χ0n) is 18.8. The Morgan fingerprint density at radius 3 is 2.63 bits per heavy atom. The van der Waals surface area contributed by atoms with Crippen molar-refractivity contribution in [2.45, 2.75) is 25.6 Å². The minimum absolute atomic E-state index is 0.254. The number of ether oxygens (including phenoxy) is 1. The van der Waals surface area contributed by atoms with Crippen LogP contribution in [0.5, 0.6) is 5.75 Å². The summed E-state index contributed by atoms with van der Waals surface area (Å²) < 4.78 is 6.07. The summed E-state index contributed by atoms with van der Waals surface area (Å²) >= 11 is 12.5. The van der Waals surface area contributed by atoms with Crippen LogP contribution in [0.2, 0.25) is 10.0 Å². The molecule has 3 heterocycles. The third-order valence-corrected chi connectivity index (χ3v) is 6.62. The lowest BCUT2D eigenvalue weighted by Gasteiger charge is -2.18. The summed E-state index contributed by atoms with van der Waals surface area (Å²) in [7, 11) is 0. The van der Waals surface area contributed by atoms with E-state index < -0.39 is 6.10 Å². The van der Waals surface area contributed by atoms with Gasteiger partial charge in [0.05, 0.1) is 21.7 Å². The van der Waals surface area contributed by atoms with E-state index in [9.17, 15) is 9.90 Å². The lowest BCUT2D eigenvalue weighted by Crippen LogP contribution is -2.21. The van der Waals surface area contributed by atoms with Crippen LogP contribution in [0.4, 0.5) is 11.4 Å². The summed E-state index contributed by atoms with van der Waals surface area (Å²) in [5.74, 6) is 0.201. The van der Waals surface area contributed by atoms with E-state index in [1.807, 2.05) is 31.2 Å². The highest BCUT2D eigenvalue weighted by Crippen LogP contribution is 2.33. The average molecular weight is 512 g/mol. The molecule has 0 saturated carbocycles. The quantitative estimate of drug-likeness (QED) is 0.327. The van der Waals surface area contributed by atoms with E-state index in [-0.39, 0.29) is 17.7 Å². The number of benzene rings is 2. The number of carbonyl (C=O) groups excluding carboxylic acids is 1. The predicted molar refractivity (Wildman–Crippen MR) is 137 cm³/mol. The normalized spacial score (nSPS) is 16.5. The number of pyridine rings is 1. The number of fused-ring (bicyclic) bond motifs is 1. The van der Waals surface area contributed by atoms with Crippen LogP contribution < -0.4 is 15.0 Å². The summed E-state index contributed by atoms with van der Waals surface area (Å²) in [6.45, 7) is 3.27. The molecule has 0 aliphatic carbocycles. The highest BCUT2D eigenvalue weighted by Gasteiger charge is 2.21. The van der Waals surface area contributed by atoms with Crippen LogP contribution in [0, 0.1) is 0 Å². The molecular formula is C25H23Cl2N5O3. The maximum Gasteiger partial charge on any atom is 0.276 e. The zero-order valence-corrected chi connectivity index (χ0v) is 20.3. The van der Waals surface area contributed by atoms with Crippen LogP contribution in [0.3, 0.4) is 0 Å². The van der Waals surface area contributed by atoms with E-state index in [0.717, 1.165) is 18.7 Å². The number of aliphatic hydroxyl groups excluding tert-OH is 1. The second kappa shape index (κ2) is 9.73. The predicted octanol–water partition coefficient (Wildman–Crippen LogP) is 5.23. The third kappa shape index (κ3) is 4.91. The Bertz CT molecular complexity index is 1360. The summed E-state index contributed by atoms with van der Waals surface area (Å²) in [6.07, 6.45) is 3.07. The Morgan fingerprint density at radius 2 is 1.94 bits per heavy atom. The Labute approximate surface area is 211 Å². The molecule has 2 aromatic heterocycles. The Hall–Kier alpha value is -3.33. The van der Waals surface area contributed by atoms with E-state index in [0.29, 0.717) is 44.5 Å². The number of carbonyl (C=O) groups is 1. The van der Waals surface area contributed by atoms with Gasteiger partial charge in [0, 0.05) is 47.8 Å². The van der Waals surface area contributed by atoms with Gasteiger partial charge >= 0.3 is 0 Å². The summed E-state index contributed by atoms with van der Waals surface area (Å²) in [5.41, 5.74) is 3.26. The molecule has 0 bridgehead atoms. The van der Waals surface area contributed by atoms with E-state index in [1.165, 1.54) is 12.4 Å². The minimum atomic E-state index is -0.435. The zero-order chi connectivity index (χ0) is 24.5. The Balaban J connectivity index is 1.32. The molecule has 0 spiro atoms. The van der Waals surface area contributed by atoms with Gasteiger partial charge in [0.25, 0.3) is 5.91 Å². The molecule has 4 aromatic rings. The van der Waals surface area contributed by atoms with Crippen molar-refractivity contribution >= 4 is 51.4 Å². The third-order valence-electron chi connectivity index (χ3n) is 6.01. The van der Waals surface area contributed by atoms with Crippen molar-refractivity contribution in [3.05, 3.63) is 76.2 Å². The number of aromatic nitrogens is 3. The van der Waals surface area contributed by atoms with Gasteiger partial charge in [-0.15, -0.1) is 0 Å². The molecule has 0 radical (unpaired) electrons. The second-order valence-electron chi connectivity index (χ2n) is 8.45. The molecule has 180 valence electrons. The molecule has 2 aromatic carbocycles. The molecule has 10 heteroatoms. The maximum absolute atomic E-state index is 13.0. The highest BCUT2D eigenvalue weighted by molar-refractivity contribution is 6.35. The first-order chi connectivity index (χ1) is 16.9. The monoisotopic (exact) mass is 511 g/mol. The van der Waals surface area contributed by atoms with Crippen molar-refractivity contribution in [3.63, 3.8) is 0 Å². The standard InChI is InChI=1S/C25H23Cl2N5O3/c1-14(23-20(26)11-28-12-21(23)27)35-18-6-7-22-19(10-18)24(31-30-22)25(34)29-15-2-4-16(5-3-15)32-9-8-17(33)13-32/h2-7,10-12,14,17,33H,8-9,13H2,1H3,(H,29,34)(H,30,31)/t14?,17-/m1/s1. The molecule has 1 amide bonds. The van der Waals surface area contributed by atoms with Crippen LogP contribution in [-0.2, 0) is 0 Å². The number of hydrogen-bond acceptors (Lipinski definition) is 6. The van der Waals surface area contributed by atoms with Gasteiger partial charge in [-0.1, -0.05) is 23.2 Å². The molecule has 1 aliphatic rings. The fourth-order valence-corrected chi connectivity index (χ4v) is 4.91. The second-order valence-corrected chi connectivity index (χ2v) is 9.26. The molecule has 2 atom stereocenters. The van der Waals surface area contributed by atoms with Crippen LogP contribution in [0.1, 0.15) is 35.5 Å². The van der Waals surface area contributed by atoms with Gasteiger partial charge in [-0.2, -0.15) is 5.10 Å². The number of aromatic amines is 1. The van der Waals surface area contributed by atoms with Gasteiger partial charge in [-0.3, -0.25) is 14.9 Å². The largest absolute Gasteiger partial charge is 0.486 e. The van der Waals surface area contributed by atoms with Crippen molar-refractivity contribution in [2.75, 3.05) is 23.3 Å². The van der Waals surface area contributed by atoms with Crippen molar-refractivity contribution in [2.24, 2.45) is 0 Å². The van der Waals surface area contributed by atoms with E-state index in [4.69, 9.17) is 27.9 Å². The highest BCUT2D eigenvalue weighted by atomic mass is 35.5. The van der Waals surface area contributed by atoms with Crippen molar-refractivity contribution < 1.29 is 14.6 Å². The summed E-state index contributed by atoms with van der Waals surface area (Å²) in [5, 5.41) is 21.2. The number of rotatable bonds is 6. The number of aliphatic hydroxyl groups is 1. The minimum Gasteiger partial charge on any atom is -0.486 e. The van der Waals surface area contributed by atoms with E-state index in [2.05, 4.69) is 25.4 Å². The van der Waals surface area contributed by atoms with Crippen LogP contribution in [0.25, 0.3) is 10.9 Å². The molecule has 1 saturated heterocycles. The molecule has 1 fully saturated rings. The van der Waals surface area contributed by atoms with Crippen molar-refractivity contribution in [1.29, 1.82) is 0 Å². The smallest absolute Gasteiger partial charge is 0.276 e. The number of hydrogen-bond donors (Lipinski definition) is 3. The van der Waals surface area contributed by atoms with Crippen LogP contribution in [-0.4, -0.2) is 45.4 Å². The van der Waals surface area contributed by atoms with Crippen molar-refractivity contribution in [1.82, 2.24) is 15.2 Å². The first-order valence-corrected chi connectivity index (χ1v) is 11.9. The fourth-order valence-electron chi connectivity index (χ4n) is 4.23. The maximum atomic E-state index is 13.0. The van der Waals surface area contributed by atoms with Crippen molar-refractivity contribution in [3.8, 4) is 5.75 Å². The number of amides is 1. The SMILES string of the molecule is CC(Oc1ccc2[nH]nc(C(=O)Nc3ccc(N4CC[C@@H](O)C4)cc3)c2c1)c1c(Cl)cncc1Cl. The van der Waals surface area contributed by atoms with Gasteiger partial charge in [0.15, 0.2) is 5.69 Å². The lowest BCUT2D eigenvalue weighted by molar-refractivity contribution is 0.102. The summed E-state index contributed by atoms with van der Waals surface area (Å²) in [6, 6.07) is 12.9. The molecule has 8 nitrogen and oxygen atoms in total. The number of β-amino-alcohol motifs (C(OH)–C–C–N with tert-alkyl or cyclic N) is 1. The van der Waals surface area contributed by atoms with E-state index in [1.54, 1.807) is 18.2 Å². The molecule has 1 unspecified atom stereocenters. The van der Waals surface area contributed by atoms with E-state index >= 15 is 0 Å². The first-order valence-electron chi connectivity index (χ1n) is 11.2. The average Bonchev–Trinajstić information content (AvgIpc) is 3.45. The Kier molecular flexibility index (Phi) is 6.51. The molecular weight excluding hydrogens is 489 g/mol. The lowest BCUT2D eigenvalue weighted by atomic mass is 10.1. The molecule has 3 N–H and O–H groups in total. The molecule has 35 heavy (non-hydrogen) atoms. The number of H-pyrrole nitrogens is 1. The molecule has 1 aliphatic heterocycles. The fraction of sp³-hybridized carbons (Fsp3) is 0.240. The Morgan fingerprint density at radius 1 is 1.20 bits per heavy atom. The number of halogens is 2. The van der Waals surface area contributed by atoms with Crippen LogP contribution in [0.15, 0.2) is 54.9 Å². The number of anilines is 2. The van der Waals surface area contributed by atoms with Gasteiger partial charge in [-0.25, -0.2) is 0 Å². The van der Waals surface area contributed by atoms with Crippen LogP contribution >= 0.6 is 23.2 Å². The van der Waals surface area contributed by atoms with Gasteiger partial charge < -0.3 is 20.1 Å². The topological polar surface area (TPSA) is 103 Å². The van der Waals surface area contributed by atoms with Gasteiger partial charge in [0.1, 0.15) is 11.9 Å². The van der Waals surface area contributed by atoms with Gasteiger partial charge in [0.2, 0.25) is 0 Å². The van der Waals surface area contributed by atoms with Gasteiger partial charge in [-0.05, 0) is 55.8 Å². The number of nitrogens with zero attached hydrogens (tertiary/aromatic N) is 3.